The third kappa shape index (κ3) is 3.57. The van der Waals surface area contributed by atoms with E-state index in [1.165, 1.54) is 18.8 Å². The third-order valence-electron chi connectivity index (χ3n) is 8.40. The Morgan fingerprint density at radius 2 is 2.06 bits per heavy atom. The summed E-state index contributed by atoms with van der Waals surface area (Å²) in [5, 5.41) is 8.96. The first-order valence-corrected chi connectivity index (χ1v) is 12.0. The van der Waals surface area contributed by atoms with Crippen molar-refractivity contribution in [2.75, 3.05) is 31.1 Å². The maximum Gasteiger partial charge on any atom is 0.254 e. The summed E-state index contributed by atoms with van der Waals surface area (Å²) in [6.07, 6.45) is 10.5. The number of H-pyrrole nitrogens is 1. The van der Waals surface area contributed by atoms with Gasteiger partial charge in [0.05, 0.1) is 29.3 Å². The molecule has 2 fully saturated rings. The Morgan fingerprint density at radius 1 is 1.21 bits per heavy atom. The Hall–Kier alpha value is -2.98. The van der Waals surface area contributed by atoms with Crippen molar-refractivity contribution in [1.29, 1.82) is 5.26 Å². The molecule has 4 aliphatic rings. The lowest BCUT2D eigenvalue weighted by Crippen LogP contribution is -2.49. The van der Waals surface area contributed by atoms with Gasteiger partial charge < -0.3 is 9.88 Å². The normalized spacial score (nSPS) is 29.0. The summed E-state index contributed by atoms with van der Waals surface area (Å²) in [5.74, 6) is 0.303. The Kier molecular flexibility index (Phi) is 4.88. The lowest BCUT2D eigenvalue weighted by atomic mass is 9.81. The standard InChI is InChI=1S/C26H28FN5O/c27-22-11-17(15-28)1-4-24(22)32-9-7-31(8-10-32)19-3-2-18(12-19)21-14-26(21)6-5-23-20(13-26)25(33)30-16-29-23/h1,4,11-12,16,19,21H,2-3,5-10,13-14H2,(H,29,30,33)/t19-,21?,26?/m1/s1. The molecule has 1 spiro atoms. The van der Waals surface area contributed by atoms with Crippen molar-refractivity contribution in [1.82, 2.24) is 14.9 Å². The molecule has 3 aliphatic carbocycles. The summed E-state index contributed by atoms with van der Waals surface area (Å²) in [5.41, 5.74) is 4.76. The van der Waals surface area contributed by atoms with Gasteiger partial charge in [0, 0.05) is 37.8 Å². The average Bonchev–Trinajstić information content (AvgIpc) is 3.30. The lowest BCUT2D eigenvalue weighted by molar-refractivity contribution is 0.214. The maximum absolute atomic E-state index is 14.4. The molecule has 2 unspecified atom stereocenters. The second-order valence-electron chi connectivity index (χ2n) is 10.1. The number of aromatic amines is 1. The van der Waals surface area contributed by atoms with Crippen LogP contribution in [0.1, 0.15) is 42.5 Å². The van der Waals surface area contributed by atoms with Crippen LogP contribution >= 0.6 is 0 Å². The smallest absolute Gasteiger partial charge is 0.254 e. The number of hydrogen-bond donors (Lipinski definition) is 1. The molecular formula is C26H28FN5O. The van der Waals surface area contributed by atoms with E-state index in [1.54, 1.807) is 17.7 Å². The zero-order valence-corrected chi connectivity index (χ0v) is 18.7. The predicted molar refractivity (Wildman–Crippen MR) is 123 cm³/mol. The van der Waals surface area contributed by atoms with Gasteiger partial charge in [-0.3, -0.25) is 9.69 Å². The molecule has 2 aromatic rings. The fourth-order valence-corrected chi connectivity index (χ4v) is 6.45. The molecule has 0 bridgehead atoms. The number of nitrogens with one attached hydrogen (secondary N) is 1. The van der Waals surface area contributed by atoms with Crippen molar-refractivity contribution in [3.05, 3.63) is 69.2 Å². The quantitative estimate of drug-likeness (QED) is 0.735. The van der Waals surface area contributed by atoms with Crippen molar-refractivity contribution < 1.29 is 4.39 Å². The molecule has 7 heteroatoms. The molecule has 0 amide bonds. The second-order valence-corrected chi connectivity index (χ2v) is 10.1. The van der Waals surface area contributed by atoms with Crippen molar-refractivity contribution >= 4 is 5.69 Å². The van der Waals surface area contributed by atoms with Crippen LogP contribution in [0.25, 0.3) is 0 Å². The molecule has 170 valence electrons. The van der Waals surface area contributed by atoms with Crippen LogP contribution in [0.3, 0.4) is 0 Å². The molecule has 1 aliphatic heterocycles. The van der Waals surface area contributed by atoms with Gasteiger partial charge in [-0.25, -0.2) is 9.37 Å². The molecule has 1 aromatic carbocycles. The van der Waals surface area contributed by atoms with Crippen molar-refractivity contribution in [3.63, 3.8) is 0 Å². The highest BCUT2D eigenvalue weighted by Gasteiger charge is 2.57. The zero-order chi connectivity index (χ0) is 22.6. The van der Waals surface area contributed by atoms with Gasteiger partial charge in [-0.05, 0) is 68.1 Å². The molecule has 6 nitrogen and oxygen atoms in total. The van der Waals surface area contributed by atoms with Crippen LogP contribution in [0.15, 0.2) is 41.0 Å². The van der Waals surface area contributed by atoms with E-state index < -0.39 is 0 Å². The monoisotopic (exact) mass is 445 g/mol. The molecule has 3 atom stereocenters. The first-order valence-electron chi connectivity index (χ1n) is 12.0. The van der Waals surface area contributed by atoms with E-state index in [2.05, 4.69) is 25.8 Å². The number of piperazine rings is 1. The minimum Gasteiger partial charge on any atom is -0.367 e. The van der Waals surface area contributed by atoms with Crippen LogP contribution in [0.5, 0.6) is 0 Å². The summed E-state index contributed by atoms with van der Waals surface area (Å²) in [4.78, 5) is 24.1. The van der Waals surface area contributed by atoms with Crippen molar-refractivity contribution in [2.24, 2.45) is 11.3 Å². The van der Waals surface area contributed by atoms with Crippen LogP contribution in [-0.2, 0) is 12.8 Å². The minimum absolute atomic E-state index is 0.0413. The number of aryl methyl sites for hydroxylation is 1. The molecular weight excluding hydrogens is 417 g/mol. The van der Waals surface area contributed by atoms with E-state index >= 15 is 0 Å². The van der Waals surface area contributed by atoms with E-state index in [0.717, 1.165) is 69.5 Å². The summed E-state index contributed by atoms with van der Waals surface area (Å²) < 4.78 is 14.4. The van der Waals surface area contributed by atoms with Crippen molar-refractivity contribution in [2.45, 2.75) is 44.6 Å². The summed E-state index contributed by atoms with van der Waals surface area (Å²) in [6, 6.07) is 7.21. The Bertz CT molecular complexity index is 1220. The van der Waals surface area contributed by atoms with Gasteiger partial charge in [-0.2, -0.15) is 5.26 Å². The fourth-order valence-electron chi connectivity index (χ4n) is 6.45. The number of allylic oxidation sites excluding steroid dienone is 1. The number of benzene rings is 1. The lowest BCUT2D eigenvalue weighted by Gasteiger charge is -2.38. The predicted octanol–water partition coefficient (Wildman–Crippen LogP) is 3.19. The number of aromatic nitrogens is 2. The van der Waals surface area contributed by atoms with Gasteiger partial charge in [-0.1, -0.05) is 11.6 Å². The number of nitriles is 1. The molecule has 6 rings (SSSR count). The fraction of sp³-hybridized carbons (Fsp3) is 0.500. The number of anilines is 1. The molecule has 1 saturated carbocycles. The minimum atomic E-state index is -0.312. The highest BCUT2D eigenvalue weighted by molar-refractivity contribution is 5.51. The molecule has 1 saturated heterocycles. The number of hydrogen-bond acceptors (Lipinski definition) is 5. The van der Waals surface area contributed by atoms with Gasteiger partial charge in [-0.15, -0.1) is 0 Å². The first kappa shape index (κ1) is 20.6. The van der Waals surface area contributed by atoms with Gasteiger partial charge in [0.15, 0.2) is 0 Å². The van der Waals surface area contributed by atoms with Gasteiger partial charge >= 0.3 is 0 Å². The maximum atomic E-state index is 14.4. The van der Waals surface area contributed by atoms with Crippen LogP contribution < -0.4 is 10.5 Å². The van der Waals surface area contributed by atoms with Crippen molar-refractivity contribution in [3.8, 4) is 6.07 Å². The number of rotatable bonds is 3. The zero-order valence-electron chi connectivity index (χ0n) is 18.7. The van der Waals surface area contributed by atoms with Crippen LogP contribution in [0.2, 0.25) is 0 Å². The topological polar surface area (TPSA) is 76.0 Å². The SMILES string of the molecule is N#Cc1ccc(N2CCN([C@H]3C=C(C4CC45CCc4nc[nH]c(=O)c4C5)CC3)CC2)c(F)c1. The van der Waals surface area contributed by atoms with Gasteiger partial charge in [0.25, 0.3) is 5.56 Å². The summed E-state index contributed by atoms with van der Waals surface area (Å²) in [6.45, 7) is 3.42. The largest absolute Gasteiger partial charge is 0.367 e. The third-order valence-corrected chi connectivity index (χ3v) is 8.40. The first-order chi connectivity index (χ1) is 16.1. The highest BCUT2D eigenvalue weighted by Crippen LogP contribution is 2.63. The highest BCUT2D eigenvalue weighted by atomic mass is 19.1. The number of nitrogens with zero attached hydrogens (tertiary/aromatic N) is 4. The van der Waals surface area contributed by atoms with E-state index in [4.69, 9.17) is 5.26 Å². The summed E-state index contributed by atoms with van der Waals surface area (Å²) in [7, 11) is 0. The molecule has 0 radical (unpaired) electrons. The molecule has 1 N–H and O–H groups in total. The van der Waals surface area contributed by atoms with Crippen LogP contribution in [0, 0.1) is 28.5 Å². The second kappa shape index (κ2) is 7.81. The van der Waals surface area contributed by atoms with Crippen LogP contribution in [-0.4, -0.2) is 47.1 Å². The van der Waals surface area contributed by atoms with E-state index in [-0.39, 0.29) is 16.8 Å². The molecule has 1 aromatic heterocycles. The van der Waals surface area contributed by atoms with Crippen LogP contribution in [0.4, 0.5) is 10.1 Å². The number of halogens is 1. The van der Waals surface area contributed by atoms with E-state index in [1.807, 2.05) is 6.07 Å². The van der Waals surface area contributed by atoms with E-state index in [9.17, 15) is 9.18 Å². The Morgan fingerprint density at radius 3 is 2.85 bits per heavy atom. The van der Waals surface area contributed by atoms with Gasteiger partial charge in [0.2, 0.25) is 0 Å². The summed E-state index contributed by atoms with van der Waals surface area (Å²) >= 11 is 0. The molecule has 2 heterocycles. The molecule has 33 heavy (non-hydrogen) atoms. The average molecular weight is 446 g/mol. The number of fused-ring (bicyclic) bond motifs is 1. The Labute approximate surface area is 192 Å². The van der Waals surface area contributed by atoms with Gasteiger partial charge in [0.1, 0.15) is 5.82 Å². The Balaban J connectivity index is 1.09. The van der Waals surface area contributed by atoms with E-state index in [0.29, 0.717) is 23.2 Å².